The Balaban J connectivity index is 1.56. The maximum Gasteiger partial charge on any atom is 0.267 e. The first-order valence-electron chi connectivity index (χ1n) is 11.9. The van der Waals surface area contributed by atoms with Gasteiger partial charge >= 0.3 is 0 Å². The number of fused-ring (bicyclic) bond motifs is 1. The predicted molar refractivity (Wildman–Crippen MR) is 137 cm³/mol. The third kappa shape index (κ3) is 5.90. The lowest BCUT2D eigenvalue weighted by atomic mass is 10.0. The summed E-state index contributed by atoms with van der Waals surface area (Å²) < 4.78 is 28.3. The highest BCUT2D eigenvalue weighted by Crippen LogP contribution is 2.29. The second-order valence-corrected chi connectivity index (χ2v) is 9.85. The fourth-order valence-electron chi connectivity index (χ4n) is 3.91. The Kier molecular flexibility index (Phi) is 7.47. The van der Waals surface area contributed by atoms with Gasteiger partial charge in [-0.15, -0.1) is 0 Å². The molecule has 37 heavy (non-hydrogen) atoms. The number of nitrogens with zero attached hydrogens (tertiary/aromatic N) is 5. The summed E-state index contributed by atoms with van der Waals surface area (Å²) >= 11 is 0. The lowest BCUT2D eigenvalue weighted by molar-refractivity contribution is 0.152. The summed E-state index contributed by atoms with van der Waals surface area (Å²) in [5.41, 5.74) is 2.48. The van der Waals surface area contributed by atoms with Crippen LogP contribution in [0.25, 0.3) is 17.0 Å². The van der Waals surface area contributed by atoms with Gasteiger partial charge in [0.05, 0.1) is 41.4 Å². The Morgan fingerprint density at radius 2 is 1.78 bits per heavy atom. The van der Waals surface area contributed by atoms with Gasteiger partial charge in [-0.05, 0) is 51.0 Å². The van der Waals surface area contributed by atoms with Gasteiger partial charge in [-0.1, -0.05) is 24.3 Å². The standard InChI is InChI=1S/C27H29F2N7O/c1-16(17-7-9-18(10-8-17)22(37)15-33-27(2,3)4)34-26-32-13-19(12-30)23(35-26)21-14-31-25-20(24(28)29)6-5-11-36(21)25/h5-11,13-14,16,22,24,33,37H,15H2,1-4H3,(H,32,34,35)/t16-,22?/m0/s1. The molecule has 0 aliphatic carbocycles. The van der Waals surface area contributed by atoms with Crippen molar-refractivity contribution < 1.29 is 13.9 Å². The third-order valence-corrected chi connectivity index (χ3v) is 5.95. The molecule has 0 spiro atoms. The molecule has 0 radical (unpaired) electrons. The number of alkyl halides is 2. The first-order chi connectivity index (χ1) is 17.6. The normalized spacial score (nSPS) is 13.5. The van der Waals surface area contributed by atoms with E-state index in [0.717, 1.165) is 11.1 Å². The number of benzene rings is 1. The number of rotatable bonds is 8. The number of nitriles is 1. The predicted octanol–water partition coefficient (Wildman–Crippen LogP) is 5.20. The number of pyridine rings is 1. The van der Waals surface area contributed by atoms with E-state index in [2.05, 4.69) is 31.7 Å². The number of aliphatic hydroxyl groups is 1. The van der Waals surface area contributed by atoms with Crippen molar-refractivity contribution in [1.29, 1.82) is 5.26 Å². The van der Waals surface area contributed by atoms with Crippen LogP contribution in [0.3, 0.4) is 0 Å². The zero-order valence-electron chi connectivity index (χ0n) is 21.1. The smallest absolute Gasteiger partial charge is 0.267 e. The van der Waals surface area contributed by atoms with E-state index < -0.39 is 12.5 Å². The van der Waals surface area contributed by atoms with E-state index in [1.807, 2.05) is 52.0 Å². The first-order valence-corrected chi connectivity index (χ1v) is 11.9. The molecule has 192 valence electrons. The number of aliphatic hydroxyl groups excluding tert-OH is 1. The van der Waals surface area contributed by atoms with Crippen LogP contribution in [0.2, 0.25) is 0 Å². The topological polar surface area (TPSA) is 111 Å². The van der Waals surface area contributed by atoms with Crippen LogP contribution >= 0.6 is 0 Å². The second-order valence-electron chi connectivity index (χ2n) is 9.85. The van der Waals surface area contributed by atoms with Crippen LogP contribution in [0, 0.1) is 11.3 Å². The van der Waals surface area contributed by atoms with Crippen molar-refractivity contribution in [2.75, 3.05) is 11.9 Å². The van der Waals surface area contributed by atoms with Crippen molar-refractivity contribution >= 4 is 11.6 Å². The summed E-state index contributed by atoms with van der Waals surface area (Å²) in [6.45, 7) is 8.52. The second kappa shape index (κ2) is 10.6. The van der Waals surface area contributed by atoms with Gasteiger partial charge in [0, 0.05) is 18.3 Å². The largest absolute Gasteiger partial charge is 0.387 e. The highest BCUT2D eigenvalue weighted by molar-refractivity contribution is 5.68. The van der Waals surface area contributed by atoms with Crippen molar-refractivity contribution in [3.05, 3.63) is 77.2 Å². The van der Waals surface area contributed by atoms with Crippen molar-refractivity contribution in [3.8, 4) is 17.5 Å². The number of hydrogen-bond acceptors (Lipinski definition) is 7. The Bertz CT molecular complexity index is 1420. The van der Waals surface area contributed by atoms with Crippen LogP contribution in [0.5, 0.6) is 0 Å². The van der Waals surface area contributed by atoms with Gasteiger partial charge in [-0.2, -0.15) is 5.26 Å². The molecule has 0 fully saturated rings. The molecule has 0 aliphatic rings. The number of imidazole rings is 1. The van der Waals surface area contributed by atoms with Crippen LogP contribution in [-0.2, 0) is 0 Å². The summed E-state index contributed by atoms with van der Waals surface area (Å²) in [5.74, 6) is 0.278. The SMILES string of the molecule is C[C@H](Nc1ncc(C#N)c(-c2cnc3c(C(F)F)cccn23)n1)c1ccc(C(O)CNC(C)(C)C)cc1. The molecule has 1 aromatic carbocycles. The third-order valence-electron chi connectivity index (χ3n) is 5.95. The molecule has 4 rings (SSSR count). The Morgan fingerprint density at radius 3 is 2.43 bits per heavy atom. The van der Waals surface area contributed by atoms with Crippen molar-refractivity contribution in [1.82, 2.24) is 24.7 Å². The average molecular weight is 506 g/mol. The van der Waals surface area contributed by atoms with E-state index in [4.69, 9.17) is 0 Å². The Labute approximate surface area is 214 Å². The molecular weight excluding hydrogens is 476 g/mol. The van der Waals surface area contributed by atoms with Crippen molar-refractivity contribution in [2.24, 2.45) is 0 Å². The van der Waals surface area contributed by atoms with Crippen LogP contribution in [0.1, 0.15) is 68.5 Å². The molecule has 0 aliphatic heterocycles. The first kappa shape index (κ1) is 26.1. The van der Waals surface area contributed by atoms with Crippen LogP contribution in [0.15, 0.2) is 55.0 Å². The molecule has 0 bridgehead atoms. The quantitative estimate of drug-likeness (QED) is 0.302. The minimum atomic E-state index is -2.68. The number of aromatic nitrogens is 4. The summed E-state index contributed by atoms with van der Waals surface area (Å²) in [7, 11) is 0. The maximum atomic E-state index is 13.4. The van der Waals surface area contributed by atoms with Crippen LogP contribution < -0.4 is 10.6 Å². The summed E-state index contributed by atoms with van der Waals surface area (Å²) in [6.07, 6.45) is 1.12. The van der Waals surface area contributed by atoms with Gasteiger partial charge in [0.15, 0.2) is 0 Å². The lowest BCUT2D eigenvalue weighted by Crippen LogP contribution is -2.38. The van der Waals surface area contributed by atoms with E-state index in [9.17, 15) is 19.1 Å². The molecule has 3 heterocycles. The number of anilines is 1. The molecule has 10 heteroatoms. The molecule has 3 N–H and O–H groups in total. The molecule has 0 saturated carbocycles. The van der Waals surface area contributed by atoms with Crippen LogP contribution in [-0.4, -0.2) is 36.5 Å². The summed E-state index contributed by atoms with van der Waals surface area (Å²) in [5, 5.41) is 26.6. The number of nitrogens with one attached hydrogen (secondary N) is 2. The zero-order valence-corrected chi connectivity index (χ0v) is 21.1. The fraction of sp³-hybridized carbons (Fsp3) is 0.333. The van der Waals surface area contributed by atoms with E-state index in [0.29, 0.717) is 12.2 Å². The molecule has 1 unspecified atom stereocenters. The fourth-order valence-corrected chi connectivity index (χ4v) is 3.91. The molecule has 0 saturated heterocycles. The van der Waals surface area contributed by atoms with Crippen molar-refractivity contribution in [2.45, 2.75) is 51.8 Å². The lowest BCUT2D eigenvalue weighted by Gasteiger charge is -2.23. The van der Waals surface area contributed by atoms with Gasteiger partial charge in [-0.3, -0.25) is 4.40 Å². The Morgan fingerprint density at radius 1 is 1.08 bits per heavy atom. The minimum absolute atomic E-state index is 0.0896. The highest BCUT2D eigenvalue weighted by Gasteiger charge is 2.20. The number of hydrogen-bond donors (Lipinski definition) is 3. The highest BCUT2D eigenvalue weighted by atomic mass is 19.3. The van der Waals surface area contributed by atoms with Crippen LogP contribution in [0.4, 0.5) is 14.7 Å². The van der Waals surface area contributed by atoms with E-state index >= 15 is 0 Å². The van der Waals surface area contributed by atoms with Gasteiger partial charge in [0.25, 0.3) is 6.43 Å². The molecule has 2 atom stereocenters. The maximum absolute atomic E-state index is 13.4. The summed E-state index contributed by atoms with van der Waals surface area (Å²) in [4.78, 5) is 12.9. The zero-order chi connectivity index (χ0) is 26.7. The molecule has 3 aromatic heterocycles. The number of halogens is 2. The van der Waals surface area contributed by atoms with E-state index in [-0.39, 0.29) is 40.0 Å². The summed E-state index contributed by atoms with van der Waals surface area (Å²) in [6, 6.07) is 12.3. The van der Waals surface area contributed by atoms with Gasteiger partial charge < -0.3 is 15.7 Å². The van der Waals surface area contributed by atoms with Gasteiger partial charge in [-0.25, -0.2) is 23.7 Å². The van der Waals surface area contributed by atoms with E-state index in [1.54, 1.807) is 6.20 Å². The number of β-amino-alcohol motifs (C(OH)–C–C–N with tert-alkyl or cyclic N) is 1. The van der Waals surface area contributed by atoms with Crippen molar-refractivity contribution in [3.63, 3.8) is 0 Å². The van der Waals surface area contributed by atoms with Gasteiger partial charge in [0.2, 0.25) is 5.95 Å². The monoisotopic (exact) mass is 505 g/mol. The minimum Gasteiger partial charge on any atom is -0.387 e. The molecule has 4 aromatic rings. The van der Waals surface area contributed by atoms with E-state index in [1.165, 1.54) is 28.9 Å². The average Bonchev–Trinajstić information content (AvgIpc) is 3.31. The molecule has 8 nitrogen and oxygen atoms in total. The van der Waals surface area contributed by atoms with Gasteiger partial charge in [0.1, 0.15) is 17.4 Å². The molecular formula is C27H29F2N7O. The Hall–Kier alpha value is -3.94. The molecule has 0 amide bonds.